The average Bonchev–Trinajstić information content (AvgIpc) is 3.21. The maximum atomic E-state index is 14.0. The maximum absolute atomic E-state index is 14.0. The number of anilines is 1. The van der Waals surface area contributed by atoms with Crippen molar-refractivity contribution >= 4 is 28.9 Å². The molecular formula is C27H40N2O4S. The molecule has 0 bridgehead atoms. The second kappa shape index (κ2) is 11.7. The lowest BCUT2D eigenvalue weighted by molar-refractivity contribution is -0.124. The van der Waals surface area contributed by atoms with Gasteiger partial charge < -0.3 is 14.4 Å². The number of carbonyl (C=O) groups excluding carboxylic acids is 2. The van der Waals surface area contributed by atoms with Crippen LogP contribution in [0, 0.1) is 29.1 Å². The van der Waals surface area contributed by atoms with Crippen LogP contribution in [0.5, 0.6) is 0 Å². The van der Waals surface area contributed by atoms with Crippen molar-refractivity contribution in [2.24, 2.45) is 17.3 Å². The van der Waals surface area contributed by atoms with Crippen molar-refractivity contribution in [3.63, 3.8) is 0 Å². The Morgan fingerprint density at radius 2 is 1.88 bits per heavy atom. The van der Waals surface area contributed by atoms with Crippen LogP contribution < -0.4 is 4.90 Å². The van der Waals surface area contributed by atoms with E-state index in [9.17, 15) is 9.59 Å². The summed E-state index contributed by atoms with van der Waals surface area (Å²) in [6.45, 7) is 14.4. The monoisotopic (exact) mass is 488 g/mol. The van der Waals surface area contributed by atoms with Crippen LogP contribution in [-0.2, 0) is 14.3 Å². The number of amides is 1. The summed E-state index contributed by atoms with van der Waals surface area (Å²) in [6, 6.07) is 1.82. The number of rotatable bonds is 6. The van der Waals surface area contributed by atoms with E-state index in [1.54, 1.807) is 0 Å². The third-order valence-electron chi connectivity index (χ3n) is 6.57. The summed E-state index contributed by atoms with van der Waals surface area (Å²) in [5.74, 6) is 6.81. The van der Waals surface area contributed by atoms with Crippen molar-refractivity contribution in [1.29, 1.82) is 0 Å². The molecular weight excluding hydrogens is 448 g/mol. The molecule has 1 aliphatic heterocycles. The van der Waals surface area contributed by atoms with Gasteiger partial charge in [-0.3, -0.25) is 9.69 Å². The fourth-order valence-corrected chi connectivity index (χ4v) is 5.55. The molecule has 2 heterocycles. The third-order valence-corrected chi connectivity index (χ3v) is 7.59. The molecule has 1 saturated carbocycles. The molecule has 3 rings (SSSR count). The molecule has 2 aliphatic rings. The molecule has 1 atom stereocenters. The van der Waals surface area contributed by atoms with E-state index in [0.717, 1.165) is 50.2 Å². The molecule has 1 saturated heterocycles. The summed E-state index contributed by atoms with van der Waals surface area (Å²) in [7, 11) is 1.39. The van der Waals surface area contributed by atoms with Gasteiger partial charge in [-0.25, -0.2) is 4.79 Å². The van der Waals surface area contributed by atoms with Gasteiger partial charge in [0.25, 0.3) is 0 Å². The second-order valence-electron chi connectivity index (χ2n) is 10.7. The van der Waals surface area contributed by atoms with E-state index in [-0.39, 0.29) is 23.3 Å². The van der Waals surface area contributed by atoms with Gasteiger partial charge in [0.1, 0.15) is 4.88 Å². The summed E-state index contributed by atoms with van der Waals surface area (Å²) < 4.78 is 10.6. The van der Waals surface area contributed by atoms with Crippen molar-refractivity contribution in [3.05, 3.63) is 15.8 Å². The van der Waals surface area contributed by atoms with Crippen LogP contribution in [-0.4, -0.2) is 62.8 Å². The average molecular weight is 489 g/mol. The first kappa shape index (κ1) is 26.7. The smallest absolute Gasteiger partial charge is 0.350 e. The van der Waals surface area contributed by atoms with Gasteiger partial charge in [-0.2, -0.15) is 0 Å². The highest BCUT2D eigenvalue weighted by atomic mass is 32.1. The van der Waals surface area contributed by atoms with Crippen LogP contribution >= 0.6 is 11.3 Å². The van der Waals surface area contributed by atoms with E-state index >= 15 is 0 Å². The van der Waals surface area contributed by atoms with Crippen LogP contribution in [0.25, 0.3) is 0 Å². The highest BCUT2D eigenvalue weighted by Gasteiger charge is 2.35. The molecule has 1 aliphatic carbocycles. The Morgan fingerprint density at radius 1 is 1.24 bits per heavy atom. The Hall–Kier alpha value is -1.88. The van der Waals surface area contributed by atoms with E-state index < -0.39 is 5.97 Å². The molecule has 188 valence electrons. The summed E-state index contributed by atoms with van der Waals surface area (Å²) in [4.78, 5) is 32.2. The zero-order valence-corrected chi connectivity index (χ0v) is 22.4. The SMILES string of the molecule is COC(=O)c1sc(C#CC(C)(C)C)cc1N(C(=O)[C@H]1CC[C@H](C)CC1)C(C)CN1CCOCC1. The van der Waals surface area contributed by atoms with Crippen molar-refractivity contribution < 1.29 is 19.1 Å². The first-order chi connectivity index (χ1) is 16.1. The Balaban J connectivity index is 1.99. The van der Waals surface area contributed by atoms with Gasteiger partial charge in [0.2, 0.25) is 5.91 Å². The normalized spacial score (nSPS) is 22.4. The summed E-state index contributed by atoms with van der Waals surface area (Å²) in [5.41, 5.74) is 0.479. The molecule has 0 N–H and O–H groups in total. The number of hydrogen-bond donors (Lipinski definition) is 0. The maximum Gasteiger partial charge on any atom is 0.350 e. The third kappa shape index (κ3) is 7.07. The predicted octanol–water partition coefficient (Wildman–Crippen LogP) is 4.81. The Kier molecular flexibility index (Phi) is 9.20. The fourth-order valence-electron chi connectivity index (χ4n) is 4.63. The van der Waals surface area contributed by atoms with Crippen molar-refractivity contribution in [1.82, 2.24) is 4.90 Å². The number of hydrogen-bond acceptors (Lipinski definition) is 6. The fraction of sp³-hybridized carbons (Fsp3) is 0.704. The zero-order chi connectivity index (χ0) is 24.9. The molecule has 6 nitrogen and oxygen atoms in total. The molecule has 1 amide bonds. The molecule has 0 aromatic carbocycles. The van der Waals surface area contributed by atoms with Gasteiger partial charge >= 0.3 is 5.97 Å². The van der Waals surface area contributed by atoms with Gasteiger partial charge in [-0.15, -0.1) is 11.3 Å². The van der Waals surface area contributed by atoms with Gasteiger partial charge in [0.15, 0.2) is 0 Å². The lowest BCUT2D eigenvalue weighted by atomic mass is 9.82. The molecule has 1 unspecified atom stereocenters. The van der Waals surface area contributed by atoms with Gasteiger partial charge in [-0.1, -0.05) is 18.8 Å². The highest BCUT2D eigenvalue weighted by Crippen LogP contribution is 2.36. The van der Waals surface area contributed by atoms with Crippen LogP contribution in [0.3, 0.4) is 0 Å². The minimum atomic E-state index is -0.419. The predicted molar refractivity (Wildman–Crippen MR) is 137 cm³/mol. The van der Waals surface area contributed by atoms with Gasteiger partial charge in [0.05, 0.1) is 30.9 Å². The molecule has 34 heavy (non-hydrogen) atoms. The number of nitrogens with zero attached hydrogens (tertiary/aromatic N) is 2. The van der Waals surface area contributed by atoms with Crippen LogP contribution in [0.2, 0.25) is 0 Å². The van der Waals surface area contributed by atoms with E-state index in [1.807, 2.05) is 11.0 Å². The number of ether oxygens (including phenoxy) is 2. The van der Waals surface area contributed by atoms with E-state index in [2.05, 4.69) is 51.4 Å². The quantitative estimate of drug-likeness (QED) is 0.425. The highest BCUT2D eigenvalue weighted by molar-refractivity contribution is 7.15. The Morgan fingerprint density at radius 3 is 2.47 bits per heavy atom. The molecule has 7 heteroatoms. The van der Waals surface area contributed by atoms with Crippen LogP contribution in [0.4, 0.5) is 5.69 Å². The van der Waals surface area contributed by atoms with Crippen molar-refractivity contribution in [2.75, 3.05) is 44.9 Å². The number of morpholine rings is 1. The molecule has 1 aromatic heterocycles. The van der Waals surface area contributed by atoms with Gasteiger partial charge in [0, 0.05) is 37.0 Å². The van der Waals surface area contributed by atoms with Crippen LogP contribution in [0.1, 0.15) is 74.9 Å². The standard InChI is InChI=1S/C27H40N2O4S/c1-19-7-9-21(10-8-19)25(30)29(20(2)18-28-13-15-33-16-14-28)23-17-22(11-12-27(3,4)5)34-24(23)26(31)32-6/h17,19-21H,7-10,13-16,18H2,1-6H3/t19-,20?,21-. The van der Waals surface area contributed by atoms with E-state index in [4.69, 9.17) is 9.47 Å². The molecule has 0 spiro atoms. The van der Waals surface area contributed by atoms with E-state index in [0.29, 0.717) is 29.7 Å². The van der Waals surface area contributed by atoms with Crippen LogP contribution in [0.15, 0.2) is 6.07 Å². The van der Waals surface area contributed by atoms with E-state index in [1.165, 1.54) is 18.4 Å². The summed E-state index contributed by atoms with van der Waals surface area (Å²) in [5, 5.41) is 0. The lowest BCUT2D eigenvalue weighted by Crippen LogP contribution is -2.50. The Bertz CT molecular complexity index is 909. The topological polar surface area (TPSA) is 59.1 Å². The first-order valence-corrected chi connectivity index (χ1v) is 13.3. The van der Waals surface area contributed by atoms with Crippen molar-refractivity contribution in [3.8, 4) is 11.8 Å². The number of methoxy groups -OCH3 is 1. The second-order valence-corrected chi connectivity index (χ2v) is 11.8. The molecule has 2 fully saturated rings. The summed E-state index contributed by atoms with van der Waals surface area (Å²) in [6.07, 6.45) is 3.93. The Labute approximate surface area is 209 Å². The van der Waals surface area contributed by atoms with Gasteiger partial charge in [-0.05, 0) is 65.4 Å². The summed E-state index contributed by atoms with van der Waals surface area (Å²) >= 11 is 1.31. The molecule has 0 radical (unpaired) electrons. The number of carbonyl (C=O) groups is 2. The minimum Gasteiger partial charge on any atom is -0.465 e. The number of esters is 1. The largest absolute Gasteiger partial charge is 0.465 e. The van der Waals surface area contributed by atoms with Crippen molar-refractivity contribution in [2.45, 2.75) is 66.3 Å². The lowest BCUT2D eigenvalue weighted by Gasteiger charge is -2.37. The number of thiophene rings is 1. The first-order valence-electron chi connectivity index (χ1n) is 12.5. The minimum absolute atomic E-state index is 0.0159. The zero-order valence-electron chi connectivity index (χ0n) is 21.6. The molecule has 1 aromatic rings.